The number of H-pyrrole nitrogens is 1. The maximum Gasteiger partial charge on any atom is 0.325 e. The number of fused-ring (bicyclic) bond motifs is 1. The van der Waals surface area contributed by atoms with Gasteiger partial charge in [0.15, 0.2) is 0 Å². The number of aromatic amines is 1. The van der Waals surface area contributed by atoms with Crippen LogP contribution in [0.1, 0.15) is 24.2 Å². The molecule has 2 N–H and O–H groups in total. The fourth-order valence-electron chi connectivity index (χ4n) is 3.41. The van der Waals surface area contributed by atoms with Gasteiger partial charge in [-0.2, -0.15) is 0 Å². The Morgan fingerprint density at radius 1 is 1.17 bits per heavy atom. The van der Waals surface area contributed by atoms with Crippen LogP contribution in [0.4, 0.5) is 0 Å². The van der Waals surface area contributed by atoms with Crippen LogP contribution in [0.3, 0.4) is 0 Å². The van der Waals surface area contributed by atoms with Crippen molar-refractivity contribution in [1.29, 1.82) is 0 Å². The quantitative estimate of drug-likeness (QED) is 0.905. The number of rotatable bonds is 3. The molecule has 1 aliphatic rings. The number of carboxylic acid groups (broad SMARTS) is 1. The van der Waals surface area contributed by atoms with Crippen LogP contribution in [0.5, 0.6) is 0 Å². The van der Waals surface area contributed by atoms with Crippen molar-refractivity contribution >= 4 is 22.8 Å². The molecule has 122 valence electrons. The summed E-state index contributed by atoms with van der Waals surface area (Å²) in [4.78, 5) is 30.4. The number of hydrogen-bond donors (Lipinski definition) is 2. The molecule has 6 heteroatoms. The molecule has 1 atom stereocenters. The highest BCUT2D eigenvalue weighted by atomic mass is 16.4. The molecule has 0 bridgehead atoms. The molecule has 0 unspecified atom stereocenters. The molecule has 0 saturated carbocycles. The Hall–Kier alpha value is -2.34. The Balaban J connectivity index is 1.95. The first-order chi connectivity index (χ1) is 11.0. The number of para-hydroxylation sites is 1. The number of carboxylic acids is 1. The summed E-state index contributed by atoms with van der Waals surface area (Å²) in [6.07, 6.45) is 0. The fourth-order valence-corrected chi connectivity index (χ4v) is 3.41. The van der Waals surface area contributed by atoms with Crippen LogP contribution < -0.4 is 0 Å². The lowest BCUT2D eigenvalue weighted by Gasteiger charge is -2.37. The van der Waals surface area contributed by atoms with Crippen LogP contribution in [0, 0.1) is 6.92 Å². The van der Waals surface area contributed by atoms with E-state index in [0.29, 0.717) is 26.2 Å². The maximum atomic E-state index is 12.0. The molecule has 2 aromatic rings. The van der Waals surface area contributed by atoms with E-state index in [9.17, 15) is 14.7 Å². The zero-order valence-electron chi connectivity index (χ0n) is 13.4. The molecule has 3 rings (SSSR count). The molecule has 1 amide bonds. The molecule has 1 aromatic heterocycles. The van der Waals surface area contributed by atoms with Crippen molar-refractivity contribution in [3.63, 3.8) is 0 Å². The smallest absolute Gasteiger partial charge is 0.325 e. The summed E-state index contributed by atoms with van der Waals surface area (Å²) in [6.45, 7) is 5.73. The second-order valence-electron chi connectivity index (χ2n) is 5.99. The Kier molecular flexibility index (Phi) is 4.09. The number of aromatic nitrogens is 1. The van der Waals surface area contributed by atoms with Crippen molar-refractivity contribution < 1.29 is 14.7 Å². The van der Waals surface area contributed by atoms with Crippen molar-refractivity contribution in [1.82, 2.24) is 14.8 Å². The number of carbonyl (C=O) groups excluding carboxylic acids is 1. The second kappa shape index (κ2) is 6.04. The van der Waals surface area contributed by atoms with Gasteiger partial charge in [-0.15, -0.1) is 0 Å². The van der Waals surface area contributed by atoms with Gasteiger partial charge in [0.1, 0.15) is 6.04 Å². The molecule has 1 aliphatic heterocycles. The van der Waals surface area contributed by atoms with E-state index in [1.807, 2.05) is 36.1 Å². The van der Waals surface area contributed by atoms with Crippen LogP contribution in [-0.2, 0) is 9.59 Å². The molecule has 1 aromatic carbocycles. The number of hydrogen-bond acceptors (Lipinski definition) is 3. The van der Waals surface area contributed by atoms with Gasteiger partial charge in [0.2, 0.25) is 5.91 Å². The molecule has 0 aliphatic carbocycles. The second-order valence-corrected chi connectivity index (χ2v) is 5.99. The monoisotopic (exact) mass is 315 g/mol. The minimum atomic E-state index is -0.853. The van der Waals surface area contributed by atoms with Crippen molar-refractivity contribution in [2.24, 2.45) is 0 Å². The summed E-state index contributed by atoms with van der Waals surface area (Å²) in [7, 11) is 0. The van der Waals surface area contributed by atoms with Crippen LogP contribution in [0.2, 0.25) is 0 Å². The van der Waals surface area contributed by atoms with Crippen molar-refractivity contribution in [3.05, 3.63) is 35.5 Å². The number of benzene rings is 1. The largest absolute Gasteiger partial charge is 0.480 e. The van der Waals surface area contributed by atoms with E-state index in [0.717, 1.165) is 22.2 Å². The lowest BCUT2D eigenvalue weighted by atomic mass is 10.0. The molecule has 0 spiro atoms. The summed E-state index contributed by atoms with van der Waals surface area (Å²) in [6, 6.07) is 7.07. The van der Waals surface area contributed by atoms with E-state index in [4.69, 9.17) is 0 Å². The maximum absolute atomic E-state index is 12.0. The topological polar surface area (TPSA) is 76.6 Å². The normalized spacial score (nSPS) is 17.4. The molecular formula is C17H21N3O3. The Bertz CT molecular complexity index is 745. The number of aliphatic carboxylic acids is 1. The third-order valence-corrected chi connectivity index (χ3v) is 4.58. The molecular weight excluding hydrogens is 294 g/mol. The van der Waals surface area contributed by atoms with Gasteiger partial charge in [0.05, 0.1) is 0 Å². The number of piperazine rings is 1. The van der Waals surface area contributed by atoms with Gasteiger partial charge < -0.3 is 15.0 Å². The molecule has 23 heavy (non-hydrogen) atoms. The molecule has 0 radical (unpaired) electrons. The van der Waals surface area contributed by atoms with E-state index in [1.165, 1.54) is 0 Å². The lowest BCUT2D eigenvalue weighted by molar-refractivity contribution is -0.145. The predicted octanol–water partition coefficient (Wildman–Crippen LogP) is 1.77. The van der Waals surface area contributed by atoms with E-state index < -0.39 is 12.0 Å². The summed E-state index contributed by atoms with van der Waals surface area (Å²) < 4.78 is 0. The van der Waals surface area contributed by atoms with Crippen LogP contribution in [0.25, 0.3) is 10.9 Å². The van der Waals surface area contributed by atoms with Gasteiger partial charge in [0.25, 0.3) is 0 Å². The SMILES string of the molecule is CC(=O)N1CCN([C@@H](C(=O)O)c2c(C)[nH]c3ccccc23)CC1. The van der Waals surface area contributed by atoms with Crippen molar-refractivity contribution in [2.45, 2.75) is 19.9 Å². The van der Waals surface area contributed by atoms with Crippen LogP contribution in [0.15, 0.2) is 24.3 Å². The zero-order valence-corrected chi connectivity index (χ0v) is 13.4. The van der Waals surface area contributed by atoms with Crippen LogP contribution in [-0.4, -0.2) is 57.9 Å². The predicted molar refractivity (Wildman–Crippen MR) is 87.2 cm³/mol. The van der Waals surface area contributed by atoms with E-state index in [-0.39, 0.29) is 5.91 Å². The average Bonchev–Trinajstić information content (AvgIpc) is 2.84. The Morgan fingerprint density at radius 3 is 2.43 bits per heavy atom. The minimum absolute atomic E-state index is 0.0415. The van der Waals surface area contributed by atoms with Gasteiger partial charge in [-0.25, -0.2) is 0 Å². The van der Waals surface area contributed by atoms with Gasteiger partial charge in [-0.05, 0) is 13.0 Å². The summed E-state index contributed by atoms with van der Waals surface area (Å²) in [5, 5.41) is 10.8. The number of amides is 1. The van der Waals surface area contributed by atoms with Crippen molar-refractivity contribution in [2.75, 3.05) is 26.2 Å². The van der Waals surface area contributed by atoms with E-state index in [2.05, 4.69) is 4.98 Å². The first-order valence-corrected chi connectivity index (χ1v) is 7.78. The highest BCUT2D eigenvalue weighted by Crippen LogP contribution is 2.32. The first-order valence-electron chi connectivity index (χ1n) is 7.78. The van der Waals surface area contributed by atoms with Crippen LogP contribution >= 0.6 is 0 Å². The van der Waals surface area contributed by atoms with Gasteiger partial charge in [-0.1, -0.05) is 18.2 Å². The molecule has 1 fully saturated rings. The highest BCUT2D eigenvalue weighted by Gasteiger charge is 2.33. The summed E-state index contributed by atoms with van der Waals surface area (Å²) in [5.41, 5.74) is 2.66. The number of carbonyl (C=O) groups is 2. The standard InChI is InChI=1S/C17H21N3O3/c1-11-15(13-5-3-4-6-14(13)18-11)16(17(22)23)20-9-7-19(8-10-20)12(2)21/h3-6,16,18H,7-10H2,1-2H3,(H,22,23)/t16-/m1/s1. The Morgan fingerprint density at radius 2 is 1.83 bits per heavy atom. The summed E-state index contributed by atoms with van der Waals surface area (Å²) >= 11 is 0. The third kappa shape index (κ3) is 2.82. The lowest BCUT2D eigenvalue weighted by Crippen LogP contribution is -2.50. The van der Waals surface area contributed by atoms with Gasteiger partial charge >= 0.3 is 5.97 Å². The first kappa shape index (κ1) is 15.6. The van der Waals surface area contributed by atoms with Gasteiger partial charge in [-0.3, -0.25) is 14.5 Å². The molecule has 2 heterocycles. The zero-order chi connectivity index (χ0) is 16.6. The average molecular weight is 315 g/mol. The molecule has 6 nitrogen and oxygen atoms in total. The number of aryl methyl sites for hydroxylation is 1. The minimum Gasteiger partial charge on any atom is -0.480 e. The highest BCUT2D eigenvalue weighted by molar-refractivity contribution is 5.90. The van der Waals surface area contributed by atoms with Gasteiger partial charge in [0, 0.05) is 55.3 Å². The fraction of sp³-hybridized carbons (Fsp3) is 0.412. The Labute approximate surface area is 134 Å². The third-order valence-electron chi connectivity index (χ3n) is 4.58. The summed E-state index contributed by atoms with van der Waals surface area (Å²) in [5.74, 6) is -0.811. The van der Waals surface area contributed by atoms with E-state index >= 15 is 0 Å². The number of nitrogens with zero attached hydrogens (tertiary/aromatic N) is 2. The molecule has 1 saturated heterocycles. The van der Waals surface area contributed by atoms with Crippen molar-refractivity contribution in [3.8, 4) is 0 Å². The number of nitrogens with one attached hydrogen (secondary N) is 1. The van der Waals surface area contributed by atoms with E-state index in [1.54, 1.807) is 11.8 Å².